The van der Waals surface area contributed by atoms with Crippen molar-refractivity contribution in [3.63, 3.8) is 0 Å². The molecular formula is C27H33N3O3. The number of piperidine rings is 1. The summed E-state index contributed by atoms with van der Waals surface area (Å²) in [6, 6.07) is 16.0. The number of carbonyl (C=O) groups excluding carboxylic acids is 2. The van der Waals surface area contributed by atoms with Crippen molar-refractivity contribution in [3.05, 3.63) is 65.4 Å². The quantitative estimate of drug-likeness (QED) is 0.558. The molecule has 0 spiro atoms. The average Bonchev–Trinajstić information content (AvgIpc) is 3.30. The monoisotopic (exact) mass is 447 g/mol. The molecule has 1 aliphatic heterocycles. The van der Waals surface area contributed by atoms with Crippen molar-refractivity contribution in [1.29, 1.82) is 0 Å². The molecule has 0 radical (unpaired) electrons. The first-order valence-corrected chi connectivity index (χ1v) is 11.8. The molecule has 1 saturated heterocycles. The van der Waals surface area contributed by atoms with Crippen LogP contribution in [0.5, 0.6) is 5.75 Å². The first-order valence-electron chi connectivity index (χ1n) is 11.8. The second-order valence-electron chi connectivity index (χ2n) is 8.94. The van der Waals surface area contributed by atoms with Crippen molar-refractivity contribution in [2.45, 2.75) is 39.7 Å². The van der Waals surface area contributed by atoms with Crippen molar-refractivity contribution in [2.75, 3.05) is 20.2 Å². The van der Waals surface area contributed by atoms with Gasteiger partial charge in [-0.05, 0) is 54.5 Å². The number of aryl methyl sites for hydroxylation is 1. The number of aromatic nitrogens is 1. The summed E-state index contributed by atoms with van der Waals surface area (Å²) in [4.78, 5) is 30.9. The Bertz CT molecular complexity index is 1110. The number of nitrogens with one attached hydrogen (secondary N) is 2. The Balaban J connectivity index is 1.29. The van der Waals surface area contributed by atoms with E-state index in [1.807, 2.05) is 36.1 Å². The number of ether oxygens (including phenoxy) is 1. The van der Waals surface area contributed by atoms with Gasteiger partial charge in [0.1, 0.15) is 11.4 Å². The zero-order valence-corrected chi connectivity index (χ0v) is 19.7. The molecule has 0 unspecified atom stereocenters. The zero-order chi connectivity index (χ0) is 23.4. The summed E-state index contributed by atoms with van der Waals surface area (Å²) >= 11 is 0. The van der Waals surface area contributed by atoms with Gasteiger partial charge in [-0.1, -0.05) is 38.1 Å². The number of methoxy groups -OCH3 is 1. The molecule has 3 aromatic rings. The van der Waals surface area contributed by atoms with E-state index in [4.69, 9.17) is 4.74 Å². The number of benzene rings is 2. The largest absolute Gasteiger partial charge is 0.497 e. The number of amides is 2. The van der Waals surface area contributed by atoms with Gasteiger partial charge in [0.05, 0.1) is 7.11 Å². The van der Waals surface area contributed by atoms with E-state index >= 15 is 0 Å². The van der Waals surface area contributed by atoms with E-state index in [2.05, 4.69) is 41.5 Å². The van der Waals surface area contributed by atoms with Crippen molar-refractivity contribution < 1.29 is 14.3 Å². The molecule has 6 nitrogen and oxygen atoms in total. The molecule has 2 aromatic carbocycles. The maximum Gasteiger partial charge on any atom is 0.270 e. The lowest BCUT2D eigenvalue weighted by Gasteiger charge is -2.34. The molecular weight excluding hydrogens is 414 g/mol. The van der Waals surface area contributed by atoms with Crippen LogP contribution >= 0.6 is 0 Å². The van der Waals surface area contributed by atoms with Gasteiger partial charge in [-0.2, -0.15) is 0 Å². The van der Waals surface area contributed by atoms with Crippen LogP contribution in [0.4, 0.5) is 0 Å². The third-order valence-electron chi connectivity index (χ3n) is 6.91. The van der Waals surface area contributed by atoms with Gasteiger partial charge in [-0.15, -0.1) is 0 Å². The third-order valence-corrected chi connectivity index (χ3v) is 6.91. The summed E-state index contributed by atoms with van der Waals surface area (Å²) in [7, 11) is 1.63. The normalized spacial score (nSPS) is 15.4. The van der Waals surface area contributed by atoms with Crippen LogP contribution in [-0.4, -0.2) is 41.9 Å². The molecule has 4 rings (SSSR count). The van der Waals surface area contributed by atoms with Gasteiger partial charge in [0.2, 0.25) is 5.91 Å². The fourth-order valence-corrected chi connectivity index (χ4v) is 4.58. The Labute approximate surface area is 195 Å². The van der Waals surface area contributed by atoms with E-state index < -0.39 is 0 Å². The van der Waals surface area contributed by atoms with Gasteiger partial charge in [0, 0.05) is 42.5 Å². The zero-order valence-electron chi connectivity index (χ0n) is 19.7. The minimum absolute atomic E-state index is 0.0104. The molecule has 2 heterocycles. The highest BCUT2D eigenvalue weighted by Crippen LogP contribution is 2.27. The van der Waals surface area contributed by atoms with Gasteiger partial charge >= 0.3 is 0 Å². The highest BCUT2D eigenvalue weighted by Gasteiger charge is 2.30. The minimum Gasteiger partial charge on any atom is -0.497 e. The lowest BCUT2D eigenvalue weighted by atomic mass is 9.84. The molecule has 2 N–H and O–H groups in total. The SMILES string of the molecule is CCc1ccc(CNC(=O)[C@H](C)C2CCN(C(=O)c3cc4ccc(OC)cc4[nH]3)CC2)cc1. The van der Waals surface area contributed by atoms with Crippen LogP contribution in [0, 0.1) is 11.8 Å². The maximum atomic E-state index is 13.0. The van der Waals surface area contributed by atoms with Crippen LogP contribution in [0.3, 0.4) is 0 Å². The Hall–Kier alpha value is -3.28. The predicted octanol–water partition coefficient (Wildman–Crippen LogP) is 4.54. The molecule has 0 aliphatic carbocycles. The highest BCUT2D eigenvalue weighted by molar-refractivity contribution is 5.98. The molecule has 1 aliphatic rings. The molecule has 0 saturated carbocycles. The number of rotatable bonds is 7. The lowest BCUT2D eigenvalue weighted by molar-refractivity contribution is -0.126. The summed E-state index contributed by atoms with van der Waals surface area (Å²) in [5.41, 5.74) is 3.90. The number of hydrogen-bond acceptors (Lipinski definition) is 3. The molecule has 33 heavy (non-hydrogen) atoms. The summed E-state index contributed by atoms with van der Waals surface area (Å²) in [6.45, 7) is 6.02. The van der Waals surface area contributed by atoms with Crippen molar-refractivity contribution in [1.82, 2.24) is 15.2 Å². The Kier molecular flexibility index (Phi) is 7.02. The summed E-state index contributed by atoms with van der Waals surface area (Å²) in [5.74, 6) is 1.07. The molecule has 1 fully saturated rings. The van der Waals surface area contributed by atoms with Crippen molar-refractivity contribution in [2.24, 2.45) is 11.8 Å². The average molecular weight is 448 g/mol. The standard InChI is InChI=1S/C27H33N3O3/c1-4-19-5-7-20(8-6-19)17-28-26(31)18(2)21-11-13-30(14-12-21)27(32)25-15-22-9-10-23(33-3)16-24(22)29-25/h5-10,15-16,18,21,29H,4,11-14,17H2,1-3H3,(H,28,31)/t18-/m1/s1. The van der Waals surface area contributed by atoms with Crippen molar-refractivity contribution in [3.8, 4) is 5.75 Å². The minimum atomic E-state index is -0.0716. The van der Waals surface area contributed by atoms with Gasteiger partial charge in [0.15, 0.2) is 0 Å². The van der Waals surface area contributed by atoms with E-state index in [9.17, 15) is 9.59 Å². The molecule has 2 amide bonds. The summed E-state index contributed by atoms with van der Waals surface area (Å²) in [5, 5.41) is 4.07. The second kappa shape index (κ2) is 10.1. The Morgan fingerprint density at radius 3 is 2.45 bits per heavy atom. The van der Waals surface area contributed by atoms with Crippen LogP contribution in [0.15, 0.2) is 48.5 Å². The number of aromatic amines is 1. The molecule has 174 valence electrons. The van der Waals surface area contributed by atoms with E-state index in [-0.39, 0.29) is 23.7 Å². The summed E-state index contributed by atoms with van der Waals surface area (Å²) in [6.07, 6.45) is 2.68. The third kappa shape index (κ3) is 5.21. The van der Waals surface area contributed by atoms with Gasteiger partial charge in [-0.25, -0.2) is 0 Å². The second-order valence-corrected chi connectivity index (χ2v) is 8.94. The lowest BCUT2D eigenvalue weighted by Crippen LogP contribution is -2.42. The Morgan fingerprint density at radius 1 is 1.09 bits per heavy atom. The van der Waals surface area contributed by atoms with Gasteiger partial charge in [0.25, 0.3) is 5.91 Å². The summed E-state index contributed by atoms with van der Waals surface area (Å²) < 4.78 is 5.27. The molecule has 1 aromatic heterocycles. The van der Waals surface area contributed by atoms with Crippen LogP contribution in [0.25, 0.3) is 10.9 Å². The number of likely N-dealkylation sites (tertiary alicyclic amines) is 1. The number of hydrogen-bond donors (Lipinski definition) is 2. The predicted molar refractivity (Wildman–Crippen MR) is 130 cm³/mol. The van der Waals surface area contributed by atoms with Gasteiger partial charge in [-0.3, -0.25) is 9.59 Å². The smallest absolute Gasteiger partial charge is 0.270 e. The number of H-pyrrole nitrogens is 1. The Morgan fingerprint density at radius 2 is 1.79 bits per heavy atom. The number of carbonyl (C=O) groups is 2. The van der Waals surface area contributed by atoms with E-state index in [1.54, 1.807) is 7.11 Å². The van der Waals surface area contributed by atoms with Crippen LogP contribution in [0.2, 0.25) is 0 Å². The van der Waals surface area contributed by atoms with Crippen LogP contribution in [-0.2, 0) is 17.8 Å². The van der Waals surface area contributed by atoms with E-state index in [0.717, 1.165) is 41.5 Å². The highest BCUT2D eigenvalue weighted by atomic mass is 16.5. The topological polar surface area (TPSA) is 74.4 Å². The molecule has 6 heteroatoms. The number of fused-ring (bicyclic) bond motifs is 1. The molecule has 1 atom stereocenters. The molecule has 0 bridgehead atoms. The first kappa shape index (κ1) is 22.9. The fourth-order valence-electron chi connectivity index (χ4n) is 4.58. The van der Waals surface area contributed by atoms with E-state index in [1.165, 1.54) is 5.56 Å². The fraction of sp³-hybridized carbons (Fsp3) is 0.407. The van der Waals surface area contributed by atoms with E-state index in [0.29, 0.717) is 25.3 Å². The van der Waals surface area contributed by atoms with Crippen LogP contribution in [0.1, 0.15) is 48.3 Å². The van der Waals surface area contributed by atoms with Crippen molar-refractivity contribution >= 4 is 22.7 Å². The van der Waals surface area contributed by atoms with Crippen LogP contribution < -0.4 is 10.1 Å². The first-order chi connectivity index (χ1) is 16.0. The maximum absolute atomic E-state index is 13.0. The van der Waals surface area contributed by atoms with Gasteiger partial charge < -0.3 is 19.9 Å². The number of nitrogens with zero attached hydrogens (tertiary/aromatic N) is 1.